The van der Waals surface area contributed by atoms with Crippen LogP contribution in [0.3, 0.4) is 0 Å². The third kappa shape index (κ3) is 4.00. The standard InChI is InChI=1S/C18H18F2N2O4S/c1-21-4-6-22(7-5-21)27(25,26)15-9-12(8-13(10-15)18(23)24)16-3-2-14(19)11-17(16)20/h2-3,8-11H,4-7H2,1H3,(H,23,24). The normalized spacial score (nSPS) is 16.4. The van der Waals surface area contributed by atoms with E-state index in [4.69, 9.17) is 0 Å². The van der Waals surface area contributed by atoms with Crippen molar-refractivity contribution >= 4 is 16.0 Å². The number of benzene rings is 2. The van der Waals surface area contributed by atoms with Gasteiger partial charge in [0.05, 0.1) is 10.5 Å². The lowest BCUT2D eigenvalue weighted by atomic mass is 10.0. The molecule has 1 saturated heterocycles. The molecule has 0 aliphatic carbocycles. The largest absolute Gasteiger partial charge is 0.478 e. The van der Waals surface area contributed by atoms with E-state index >= 15 is 0 Å². The molecule has 9 heteroatoms. The van der Waals surface area contributed by atoms with Gasteiger partial charge in [0, 0.05) is 37.8 Å². The summed E-state index contributed by atoms with van der Waals surface area (Å²) in [7, 11) is -2.07. The van der Waals surface area contributed by atoms with Gasteiger partial charge in [-0.3, -0.25) is 0 Å². The second-order valence-electron chi connectivity index (χ2n) is 6.38. The molecule has 3 rings (SSSR count). The first-order chi connectivity index (χ1) is 12.7. The number of carbonyl (C=O) groups is 1. The number of likely N-dealkylation sites (N-methyl/N-ethyl adjacent to an activating group) is 1. The highest BCUT2D eigenvalue weighted by Crippen LogP contribution is 2.29. The number of hydrogen-bond acceptors (Lipinski definition) is 4. The SMILES string of the molecule is CN1CCN(S(=O)(=O)c2cc(C(=O)O)cc(-c3ccc(F)cc3F)c2)CC1. The summed E-state index contributed by atoms with van der Waals surface area (Å²) in [5, 5.41) is 9.34. The van der Waals surface area contributed by atoms with E-state index in [2.05, 4.69) is 0 Å². The zero-order chi connectivity index (χ0) is 19.8. The number of sulfonamides is 1. The molecule has 0 bridgehead atoms. The number of rotatable bonds is 4. The van der Waals surface area contributed by atoms with Crippen LogP contribution in [0.15, 0.2) is 41.3 Å². The summed E-state index contributed by atoms with van der Waals surface area (Å²) in [6.45, 7) is 1.65. The zero-order valence-corrected chi connectivity index (χ0v) is 15.3. The summed E-state index contributed by atoms with van der Waals surface area (Å²) in [6, 6.07) is 6.29. The Hall–Kier alpha value is -2.36. The first kappa shape index (κ1) is 19.4. The number of halogens is 2. The van der Waals surface area contributed by atoms with Crippen molar-refractivity contribution in [1.82, 2.24) is 9.21 Å². The predicted molar refractivity (Wildman–Crippen MR) is 95.0 cm³/mol. The number of nitrogens with zero attached hydrogens (tertiary/aromatic N) is 2. The predicted octanol–water partition coefficient (Wildman–Crippen LogP) is 2.27. The van der Waals surface area contributed by atoms with E-state index in [1.165, 1.54) is 16.4 Å². The Morgan fingerprint density at radius 1 is 1.04 bits per heavy atom. The van der Waals surface area contributed by atoms with Gasteiger partial charge in [0.15, 0.2) is 0 Å². The molecule has 0 radical (unpaired) electrons. The van der Waals surface area contributed by atoms with Gasteiger partial charge >= 0.3 is 5.97 Å². The van der Waals surface area contributed by atoms with Crippen molar-refractivity contribution in [3.8, 4) is 11.1 Å². The lowest BCUT2D eigenvalue weighted by Gasteiger charge is -2.31. The van der Waals surface area contributed by atoms with E-state index in [0.29, 0.717) is 19.2 Å². The maximum atomic E-state index is 14.1. The van der Waals surface area contributed by atoms with Crippen molar-refractivity contribution in [3.05, 3.63) is 53.6 Å². The van der Waals surface area contributed by atoms with Crippen LogP contribution in [0.4, 0.5) is 8.78 Å². The monoisotopic (exact) mass is 396 g/mol. The molecule has 0 spiro atoms. The highest BCUT2D eigenvalue weighted by molar-refractivity contribution is 7.89. The first-order valence-electron chi connectivity index (χ1n) is 8.21. The molecule has 144 valence electrons. The van der Waals surface area contributed by atoms with Gasteiger partial charge in [-0.1, -0.05) is 0 Å². The smallest absolute Gasteiger partial charge is 0.335 e. The van der Waals surface area contributed by atoms with Gasteiger partial charge in [-0.15, -0.1) is 0 Å². The Morgan fingerprint density at radius 2 is 1.70 bits per heavy atom. The Kier molecular flexibility index (Phi) is 5.27. The third-order valence-corrected chi connectivity index (χ3v) is 6.37. The maximum absolute atomic E-state index is 14.1. The molecular formula is C18H18F2N2O4S. The Morgan fingerprint density at radius 3 is 2.30 bits per heavy atom. The number of aromatic carboxylic acids is 1. The van der Waals surface area contributed by atoms with E-state index in [9.17, 15) is 27.1 Å². The summed E-state index contributed by atoms with van der Waals surface area (Å²) >= 11 is 0. The van der Waals surface area contributed by atoms with Crippen LogP contribution in [0.1, 0.15) is 10.4 Å². The van der Waals surface area contributed by atoms with Gasteiger partial charge in [-0.05, 0) is 42.9 Å². The minimum Gasteiger partial charge on any atom is -0.478 e. The fourth-order valence-corrected chi connectivity index (χ4v) is 4.42. The first-order valence-corrected chi connectivity index (χ1v) is 9.65. The summed E-state index contributed by atoms with van der Waals surface area (Å²) < 4.78 is 54.5. The fraction of sp³-hybridized carbons (Fsp3) is 0.278. The van der Waals surface area contributed by atoms with Crippen molar-refractivity contribution in [3.63, 3.8) is 0 Å². The summed E-state index contributed by atoms with van der Waals surface area (Å²) in [5.41, 5.74) is -0.307. The molecule has 2 aromatic rings. The summed E-state index contributed by atoms with van der Waals surface area (Å²) in [5.74, 6) is -3.02. The zero-order valence-electron chi connectivity index (χ0n) is 14.5. The van der Waals surface area contributed by atoms with Crippen LogP contribution in [0.25, 0.3) is 11.1 Å². The summed E-state index contributed by atoms with van der Waals surface area (Å²) in [6.07, 6.45) is 0. The van der Waals surface area contributed by atoms with Crippen molar-refractivity contribution in [2.24, 2.45) is 0 Å². The average molecular weight is 396 g/mol. The van der Waals surface area contributed by atoms with E-state index in [1.54, 1.807) is 0 Å². The van der Waals surface area contributed by atoms with E-state index < -0.39 is 27.6 Å². The van der Waals surface area contributed by atoms with Crippen molar-refractivity contribution in [1.29, 1.82) is 0 Å². The van der Waals surface area contributed by atoms with Gasteiger partial charge in [0.1, 0.15) is 11.6 Å². The molecule has 2 aromatic carbocycles. The molecule has 1 heterocycles. The van der Waals surface area contributed by atoms with Crippen LogP contribution < -0.4 is 0 Å². The van der Waals surface area contributed by atoms with E-state index in [1.807, 2.05) is 11.9 Å². The molecule has 1 aliphatic rings. The Balaban J connectivity index is 2.10. The van der Waals surface area contributed by atoms with Gasteiger partial charge in [0.25, 0.3) is 0 Å². The van der Waals surface area contributed by atoms with Crippen molar-refractivity contribution < 1.29 is 27.1 Å². The topological polar surface area (TPSA) is 77.9 Å². The minimum absolute atomic E-state index is 0.0557. The molecule has 27 heavy (non-hydrogen) atoms. The second kappa shape index (κ2) is 7.34. The van der Waals surface area contributed by atoms with Gasteiger partial charge in [0.2, 0.25) is 10.0 Å². The van der Waals surface area contributed by atoms with Crippen LogP contribution >= 0.6 is 0 Å². The van der Waals surface area contributed by atoms with E-state index in [-0.39, 0.29) is 34.7 Å². The van der Waals surface area contributed by atoms with Crippen molar-refractivity contribution in [2.45, 2.75) is 4.90 Å². The number of piperazine rings is 1. The lowest BCUT2D eigenvalue weighted by molar-refractivity contribution is 0.0696. The van der Waals surface area contributed by atoms with Gasteiger partial charge in [-0.2, -0.15) is 4.31 Å². The van der Waals surface area contributed by atoms with Crippen LogP contribution in [0.5, 0.6) is 0 Å². The van der Waals surface area contributed by atoms with Crippen LogP contribution in [-0.2, 0) is 10.0 Å². The molecule has 0 unspecified atom stereocenters. The van der Waals surface area contributed by atoms with E-state index in [0.717, 1.165) is 18.2 Å². The maximum Gasteiger partial charge on any atom is 0.335 e. The van der Waals surface area contributed by atoms with Crippen LogP contribution in [-0.4, -0.2) is 61.9 Å². The Bertz CT molecular complexity index is 987. The van der Waals surface area contributed by atoms with Crippen LogP contribution in [0, 0.1) is 11.6 Å². The molecule has 1 N–H and O–H groups in total. The van der Waals surface area contributed by atoms with Crippen LogP contribution in [0.2, 0.25) is 0 Å². The molecule has 1 fully saturated rings. The third-order valence-electron chi connectivity index (χ3n) is 4.50. The molecule has 0 amide bonds. The highest BCUT2D eigenvalue weighted by Gasteiger charge is 2.29. The molecule has 1 aliphatic heterocycles. The molecule has 6 nitrogen and oxygen atoms in total. The minimum atomic E-state index is -3.95. The lowest BCUT2D eigenvalue weighted by Crippen LogP contribution is -2.47. The average Bonchev–Trinajstić information content (AvgIpc) is 2.61. The van der Waals surface area contributed by atoms with Gasteiger partial charge in [-0.25, -0.2) is 22.0 Å². The second-order valence-corrected chi connectivity index (χ2v) is 8.32. The number of carboxylic acid groups (broad SMARTS) is 1. The number of carboxylic acids is 1. The Labute approximate surface area is 155 Å². The van der Waals surface area contributed by atoms with Gasteiger partial charge < -0.3 is 10.0 Å². The fourth-order valence-electron chi connectivity index (χ4n) is 2.93. The summed E-state index contributed by atoms with van der Waals surface area (Å²) in [4.78, 5) is 13.2. The quantitative estimate of drug-likeness (QED) is 0.858. The molecule has 0 saturated carbocycles. The molecular weight excluding hydrogens is 378 g/mol. The number of hydrogen-bond donors (Lipinski definition) is 1. The van der Waals surface area contributed by atoms with Crippen molar-refractivity contribution in [2.75, 3.05) is 33.2 Å². The highest BCUT2D eigenvalue weighted by atomic mass is 32.2. The molecule has 0 aromatic heterocycles. The molecule has 0 atom stereocenters.